The molecule has 0 aromatic heterocycles. The van der Waals surface area contributed by atoms with Gasteiger partial charge in [-0.25, -0.2) is 0 Å². The van der Waals surface area contributed by atoms with Crippen LogP contribution >= 0.6 is 0 Å². The maximum Gasteiger partial charge on any atom is 0.0358 e. The summed E-state index contributed by atoms with van der Waals surface area (Å²) in [6, 6.07) is 11.5. The van der Waals surface area contributed by atoms with Crippen LogP contribution in [0.25, 0.3) is 0 Å². The number of hydrogen-bond acceptors (Lipinski definition) is 2. The van der Waals surface area contributed by atoms with E-state index < -0.39 is 0 Å². The predicted octanol–water partition coefficient (Wildman–Crippen LogP) is 3.08. The van der Waals surface area contributed by atoms with Crippen LogP contribution in [0.2, 0.25) is 0 Å². The van der Waals surface area contributed by atoms with Gasteiger partial charge < -0.3 is 22.2 Å². The van der Waals surface area contributed by atoms with Crippen LogP contribution in [-0.2, 0) is 0 Å². The molecule has 1 radical (unpaired) electrons. The monoisotopic (exact) mass is 411 g/mol. The standard InChI is InChI=1S/C23H36N2.3H2O.HO/c1-17-8-7-11-19(16-17)25(18-9-3-2-4-10-18)23-15-14-22(24)20-12-5-6-13-21(20)23;;;;/h5-6,12-13,17-19,22-23H,2-4,7-11,14-16,24H2,1H3;3*1H2;1H. The zero-order valence-corrected chi connectivity index (χ0v) is 17.9. The number of nitrogens with zero attached hydrogens (tertiary/aromatic N) is 1. The van der Waals surface area contributed by atoms with Gasteiger partial charge in [-0.1, -0.05) is 63.3 Å². The SMILES string of the molecule is CC1CCCC(N(C2CCCCC2)C2CCC(N)c3ccccc32)C1.O.O.O.[OH]. The third kappa shape index (κ3) is 6.00. The lowest BCUT2D eigenvalue weighted by Crippen LogP contribution is -2.49. The normalized spacial score (nSPS) is 29.3. The van der Waals surface area contributed by atoms with Crippen molar-refractivity contribution in [2.45, 2.75) is 102 Å². The van der Waals surface area contributed by atoms with E-state index in [1.54, 1.807) is 5.56 Å². The first-order chi connectivity index (χ1) is 12.2. The fourth-order valence-electron chi connectivity index (χ4n) is 5.97. The van der Waals surface area contributed by atoms with Crippen LogP contribution in [0.15, 0.2) is 24.3 Å². The minimum atomic E-state index is 0. The molecule has 3 aliphatic rings. The lowest BCUT2D eigenvalue weighted by Gasteiger charge is -2.49. The Bertz CT molecular complexity index is 580. The van der Waals surface area contributed by atoms with E-state index in [-0.39, 0.29) is 27.9 Å². The third-order valence-electron chi connectivity index (χ3n) is 7.19. The summed E-state index contributed by atoms with van der Waals surface area (Å²) in [7, 11) is 0. The molecule has 0 saturated heterocycles. The highest BCUT2D eigenvalue weighted by Crippen LogP contribution is 2.44. The van der Waals surface area contributed by atoms with Gasteiger partial charge in [-0.15, -0.1) is 0 Å². The minimum Gasteiger partial charge on any atom is -0.412 e. The Morgan fingerprint density at radius 1 is 0.759 bits per heavy atom. The van der Waals surface area contributed by atoms with E-state index in [1.807, 2.05) is 0 Å². The van der Waals surface area contributed by atoms with Gasteiger partial charge in [-0.05, 0) is 55.6 Å². The number of hydrogen-bond donors (Lipinski definition) is 2. The van der Waals surface area contributed by atoms with Crippen molar-refractivity contribution in [2.24, 2.45) is 11.7 Å². The minimum absolute atomic E-state index is 0. The molecule has 0 amide bonds. The number of fused-ring (bicyclic) bond motifs is 1. The Morgan fingerprint density at radius 2 is 1.38 bits per heavy atom. The van der Waals surface area contributed by atoms with E-state index in [2.05, 4.69) is 36.1 Å². The van der Waals surface area contributed by atoms with Crippen molar-refractivity contribution < 1.29 is 21.9 Å². The molecule has 3 aliphatic carbocycles. The highest BCUT2D eigenvalue weighted by Gasteiger charge is 2.38. The van der Waals surface area contributed by atoms with Gasteiger partial charge in [0.15, 0.2) is 0 Å². The average molecular weight is 412 g/mol. The van der Waals surface area contributed by atoms with Crippen LogP contribution in [0.1, 0.15) is 101 Å². The van der Waals surface area contributed by atoms with E-state index in [9.17, 15) is 0 Å². The van der Waals surface area contributed by atoms with Crippen molar-refractivity contribution in [2.75, 3.05) is 0 Å². The molecule has 1 aromatic carbocycles. The van der Waals surface area contributed by atoms with Gasteiger partial charge in [-0.3, -0.25) is 10.4 Å². The van der Waals surface area contributed by atoms with Crippen LogP contribution in [0.3, 0.4) is 0 Å². The second kappa shape index (κ2) is 12.6. The molecule has 0 heterocycles. The molecule has 0 spiro atoms. The number of rotatable bonds is 3. The molecule has 2 saturated carbocycles. The van der Waals surface area contributed by atoms with E-state index in [0.717, 1.165) is 24.4 Å². The third-order valence-corrected chi connectivity index (χ3v) is 7.19. The van der Waals surface area contributed by atoms with Crippen molar-refractivity contribution in [3.8, 4) is 0 Å². The second-order valence-corrected chi connectivity index (χ2v) is 8.99. The zero-order valence-electron chi connectivity index (χ0n) is 17.9. The molecule has 4 unspecified atom stereocenters. The molecule has 4 atom stereocenters. The Labute approximate surface area is 176 Å². The van der Waals surface area contributed by atoms with Crippen molar-refractivity contribution in [1.29, 1.82) is 0 Å². The van der Waals surface area contributed by atoms with E-state index in [4.69, 9.17) is 5.73 Å². The number of benzene rings is 1. The van der Waals surface area contributed by atoms with Crippen LogP contribution < -0.4 is 5.73 Å². The smallest absolute Gasteiger partial charge is 0.0358 e. The van der Waals surface area contributed by atoms with Crippen molar-refractivity contribution >= 4 is 0 Å². The fraction of sp³-hybridized carbons (Fsp3) is 0.739. The highest BCUT2D eigenvalue weighted by molar-refractivity contribution is 5.35. The predicted molar refractivity (Wildman–Crippen MR) is 118 cm³/mol. The van der Waals surface area contributed by atoms with Crippen molar-refractivity contribution in [3.63, 3.8) is 0 Å². The molecular weight excluding hydrogens is 368 g/mol. The van der Waals surface area contributed by atoms with Crippen LogP contribution in [0.4, 0.5) is 0 Å². The molecule has 0 bridgehead atoms. The summed E-state index contributed by atoms with van der Waals surface area (Å²) in [6.45, 7) is 2.47. The molecule has 6 heteroatoms. The Balaban J connectivity index is 0.00000196. The average Bonchev–Trinajstić information content (AvgIpc) is 2.65. The van der Waals surface area contributed by atoms with Crippen molar-refractivity contribution in [3.05, 3.63) is 35.4 Å². The first kappa shape index (κ1) is 28.0. The van der Waals surface area contributed by atoms with Gasteiger partial charge in [0.1, 0.15) is 0 Å². The summed E-state index contributed by atoms with van der Waals surface area (Å²) in [6.07, 6.45) is 15.2. The van der Waals surface area contributed by atoms with Crippen molar-refractivity contribution in [1.82, 2.24) is 4.90 Å². The van der Waals surface area contributed by atoms with Crippen LogP contribution in [-0.4, -0.2) is 38.9 Å². The summed E-state index contributed by atoms with van der Waals surface area (Å²) < 4.78 is 0. The van der Waals surface area contributed by atoms with Gasteiger partial charge in [0.05, 0.1) is 0 Å². The molecule has 29 heavy (non-hydrogen) atoms. The summed E-state index contributed by atoms with van der Waals surface area (Å²) in [4.78, 5) is 3.01. The molecule has 1 aromatic rings. The second-order valence-electron chi connectivity index (χ2n) is 8.99. The Hall–Kier alpha value is -1.02. The largest absolute Gasteiger partial charge is 0.412 e. The lowest BCUT2D eigenvalue weighted by atomic mass is 9.78. The van der Waals surface area contributed by atoms with Gasteiger partial charge in [0.2, 0.25) is 0 Å². The van der Waals surface area contributed by atoms with Crippen LogP contribution in [0.5, 0.6) is 0 Å². The molecule has 0 aliphatic heterocycles. The Morgan fingerprint density at radius 3 is 2.03 bits per heavy atom. The van der Waals surface area contributed by atoms with Gasteiger partial charge >= 0.3 is 0 Å². The van der Waals surface area contributed by atoms with E-state index >= 15 is 0 Å². The first-order valence-corrected chi connectivity index (χ1v) is 10.9. The Kier molecular flexibility index (Phi) is 12.2. The fourth-order valence-corrected chi connectivity index (χ4v) is 5.97. The molecule has 169 valence electrons. The molecule has 9 N–H and O–H groups in total. The molecule has 2 fully saturated rings. The van der Waals surface area contributed by atoms with Crippen LogP contribution in [0, 0.1) is 5.92 Å². The molecule has 4 rings (SSSR count). The summed E-state index contributed by atoms with van der Waals surface area (Å²) in [5.41, 5.74) is 9.44. The van der Waals surface area contributed by atoms with Gasteiger partial charge in [0.25, 0.3) is 0 Å². The van der Waals surface area contributed by atoms with E-state index in [0.29, 0.717) is 6.04 Å². The zero-order chi connectivity index (χ0) is 17.2. The summed E-state index contributed by atoms with van der Waals surface area (Å²) in [5, 5.41) is 0. The summed E-state index contributed by atoms with van der Waals surface area (Å²) >= 11 is 0. The van der Waals surface area contributed by atoms with Gasteiger partial charge in [0, 0.05) is 24.2 Å². The maximum atomic E-state index is 6.47. The first-order valence-electron chi connectivity index (χ1n) is 10.9. The van der Waals surface area contributed by atoms with Gasteiger partial charge in [-0.2, -0.15) is 0 Å². The topological polar surface area (TPSA) is 154 Å². The quantitative estimate of drug-likeness (QED) is 0.784. The highest BCUT2D eigenvalue weighted by atomic mass is 16.0. The van der Waals surface area contributed by atoms with E-state index in [1.165, 1.54) is 69.8 Å². The summed E-state index contributed by atoms with van der Waals surface area (Å²) in [5.74, 6) is 0.894. The molecule has 6 nitrogen and oxygen atoms in total. The lowest BCUT2D eigenvalue weighted by molar-refractivity contribution is 0.0191. The molecular formula is C23H43N2O4. The number of nitrogens with two attached hydrogens (primary N) is 1. The maximum absolute atomic E-state index is 6.47.